The average molecular weight is 310 g/mol. The van der Waals surface area contributed by atoms with Gasteiger partial charge in [-0.3, -0.25) is 0 Å². The van der Waals surface area contributed by atoms with Gasteiger partial charge >= 0.3 is 0 Å². The van der Waals surface area contributed by atoms with E-state index in [1.54, 1.807) is 0 Å². The minimum absolute atomic E-state index is 0.453. The summed E-state index contributed by atoms with van der Waals surface area (Å²) in [7, 11) is 0. The summed E-state index contributed by atoms with van der Waals surface area (Å²) in [5.41, 5.74) is 1.33. The first kappa shape index (κ1) is 18.5. The van der Waals surface area contributed by atoms with Crippen LogP contribution in [0.4, 0.5) is 0 Å². The van der Waals surface area contributed by atoms with Gasteiger partial charge in [-0.2, -0.15) is 0 Å². The summed E-state index contributed by atoms with van der Waals surface area (Å²) >= 11 is 6.11. The van der Waals surface area contributed by atoms with Crippen molar-refractivity contribution in [1.82, 2.24) is 5.32 Å². The molecule has 0 spiro atoms. The van der Waals surface area contributed by atoms with Crippen molar-refractivity contribution in [2.45, 2.75) is 77.7 Å². The Hall–Kier alpha value is -0.530. The van der Waals surface area contributed by atoms with E-state index in [1.165, 1.54) is 63.4 Å². The number of unbranched alkanes of at least 4 members (excludes halogenated alkanes) is 7. The number of hydrogen-bond acceptors (Lipinski definition) is 1. The molecule has 1 nitrogen and oxygen atoms in total. The van der Waals surface area contributed by atoms with Crippen molar-refractivity contribution < 1.29 is 0 Å². The van der Waals surface area contributed by atoms with Crippen LogP contribution in [0.15, 0.2) is 24.3 Å². The van der Waals surface area contributed by atoms with Gasteiger partial charge in [0.1, 0.15) is 0 Å². The quantitative estimate of drug-likeness (QED) is 0.433. The lowest BCUT2D eigenvalue weighted by atomic mass is 9.99. The average Bonchev–Trinajstić information content (AvgIpc) is 2.49. The molecule has 120 valence electrons. The van der Waals surface area contributed by atoms with Gasteiger partial charge in [0.25, 0.3) is 0 Å². The molecule has 0 aromatic heterocycles. The Morgan fingerprint density at radius 1 is 0.952 bits per heavy atom. The lowest BCUT2D eigenvalue weighted by Gasteiger charge is -2.18. The smallest absolute Gasteiger partial charge is 0.0409 e. The third-order valence-corrected chi connectivity index (χ3v) is 4.28. The zero-order valence-corrected chi connectivity index (χ0v) is 14.6. The standard InChI is InChI=1S/C19H32ClN/c1-3-5-6-7-8-9-10-11-15-19(21-4-2)17-13-12-14-18(20)16-17/h12-14,16,19,21H,3-11,15H2,1-2H3. The highest BCUT2D eigenvalue weighted by Crippen LogP contribution is 2.23. The fraction of sp³-hybridized carbons (Fsp3) is 0.684. The van der Waals surface area contributed by atoms with E-state index in [4.69, 9.17) is 11.6 Å². The zero-order chi connectivity index (χ0) is 15.3. The molecular formula is C19H32ClN. The van der Waals surface area contributed by atoms with Crippen molar-refractivity contribution in [1.29, 1.82) is 0 Å². The van der Waals surface area contributed by atoms with E-state index >= 15 is 0 Å². The second-order valence-corrected chi connectivity index (χ2v) is 6.37. The molecule has 0 aliphatic heterocycles. The summed E-state index contributed by atoms with van der Waals surface area (Å²) in [6.07, 6.45) is 12.2. The Labute approximate surface area is 136 Å². The molecule has 1 aromatic carbocycles. The first-order valence-corrected chi connectivity index (χ1v) is 9.14. The van der Waals surface area contributed by atoms with Gasteiger partial charge in [0, 0.05) is 11.1 Å². The number of nitrogens with one attached hydrogen (secondary N) is 1. The van der Waals surface area contributed by atoms with E-state index in [0.717, 1.165) is 11.6 Å². The van der Waals surface area contributed by atoms with Gasteiger partial charge in [0.2, 0.25) is 0 Å². The Balaban J connectivity index is 2.23. The van der Waals surface area contributed by atoms with Crippen LogP contribution in [-0.2, 0) is 0 Å². The molecule has 0 bridgehead atoms. The van der Waals surface area contributed by atoms with Gasteiger partial charge in [0.05, 0.1) is 0 Å². The van der Waals surface area contributed by atoms with E-state index in [0.29, 0.717) is 6.04 Å². The Morgan fingerprint density at radius 3 is 2.24 bits per heavy atom. The van der Waals surface area contributed by atoms with Crippen molar-refractivity contribution >= 4 is 11.6 Å². The van der Waals surface area contributed by atoms with E-state index in [2.05, 4.69) is 37.4 Å². The molecule has 0 heterocycles. The van der Waals surface area contributed by atoms with Gasteiger partial charge in [-0.05, 0) is 30.7 Å². The van der Waals surface area contributed by atoms with Gasteiger partial charge < -0.3 is 5.32 Å². The van der Waals surface area contributed by atoms with Gasteiger partial charge in [-0.1, -0.05) is 88.9 Å². The summed E-state index contributed by atoms with van der Waals surface area (Å²) in [5, 5.41) is 4.43. The Morgan fingerprint density at radius 2 is 1.62 bits per heavy atom. The van der Waals surface area contributed by atoms with Crippen LogP contribution in [0, 0.1) is 0 Å². The van der Waals surface area contributed by atoms with E-state index < -0.39 is 0 Å². The minimum atomic E-state index is 0.453. The molecule has 0 aliphatic carbocycles. The normalized spacial score (nSPS) is 12.5. The monoisotopic (exact) mass is 309 g/mol. The molecule has 1 rings (SSSR count). The summed E-state index contributed by atoms with van der Waals surface area (Å²) in [6.45, 7) is 5.45. The second-order valence-electron chi connectivity index (χ2n) is 5.93. The van der Waals surface area contributed by atoms with Gasteiger partial charge in [-0.25, -0.2) is 0 Å². The SMILES string of the molecule is CCCCCCCCCCC(NCC)c1cccc(Cl)c1. The largest absolute Gasteiger partial charge is 0.310 e. The predicted molar refractivity (Wildman–Crippen MR) is 95.1 cm³/mol. The molecule has 1 unspecified atom stereocenters. The van der Waals surface area contributed by atoms with Crippen LogP contribution >= 0.6 is 11.6 Å². The van der Waals surface area contributed by atoms with Crippen molar-refractivity contribution in [2.24, 2.45) is 0 Å². The van der Waals surface area contributed by atoms with Crippen molar-refractivity contribution in [2.75, 3.05) is 6.54 Å². The third-order valence-electron chi connectivity index (χ3n) is 4.05. The number of rotatable bonds is 12. The van der Waals surface area contributed by atoms with Crippen LogP contribution in [0.2, 0.25) is 5.02 Å². The van der Waals surface area contributed by atoms with E-state index in [-0.39, 0.29) is 0 Å². The maximum atomic E-state index is 6.11. The highest BCUT2D eigenvalue weighted by molar-refractivity contribution is 6.30. The molecule has 1 N–H and O–H groups in total. The minimum Gasteiger partial charge on any atom is -0.310 e. The number of hydrogen-bond donors (Lipinski definition) is 1. The second kappa shape index (κ2) is 12.1. The molecule has 21 heavy (non-hydrogen) atoms. The van der Waals surface area contributed by atoms with Crippen molar-refractivity contribution in [3.8, 4) is 0 Å². The molecule has 0 amide bonds. The zero-order valence-electron chi connectivity index (χ0n) is 13.8. The molecule has 0 aliphatic rings. The number of benzene rings is 1. The predicted octanol–water partition coefficient (Wildman–Crippen LogP) is 6.52. The lowest BCUT2D eigenvalue weighted by Crippen LogP contribution is -2.20. The van der Waals surface area contributed by atoms with Crippen molar-refractivity contribution in [3.63, 3.8) is 0 Å². The van der Waals surface area contributed by atoms with Crippen LogP contribution in [0.25, 0.3) is 0 Å². The van der Waals surface area contributed by atoms with Gasteiger partial charge in [0.15, 0.2) is 0 Å². The topological polar surface area (TPSA) is 12.0 Å². The molecule has 0 fully saturated rings. The van der Waals surface area contributed by atoms with E-state index in [9.17, 15) is 0 Å². The molecule has 1 atom stereocenters. The Kier molecular flexibility index (Phi) is 10.6. The van der Waals surface area contributed by atoms with Crippen LogP contribution in [0.3, 0.4) is 0 Å². The molecule has 0 saturated heterocycles. The number of halogens is 1. The van der Waals surface area contributed by atoms with E-state index in [1.807, 2.05) is 6.07 Å². The fourth-order valence-corrected chi connectivity index (χ4v) is 3.04. The molecule has 0 saturated carbocycles. The molecule has 0 radical (unpaired) electrons. The summed E-state index contributed by atoms with van der Waals surface area (Å²) < 4.78 is 0. The maximum Gasteiger partial charge on any atom is 0.0409 e. The summed E-state index contributed by atoms with van der Waals surface area (Å²) in [4.78, 5) is 0. The Bertz CT molecular complexity index is 364. The van der Waals surface area contributed by atoms with Crippen LogP contribution in [0.5, 0.6) is 0 Å². The fourth-order valence-electron chi connectivity index (χ4n) is 2.84. The highest BCUT2D eigenvalue weighted by atomic mass is 35.5. The molecule has 1 aromatic rings. The molecular weight excluding hydrogens is 278 g/mol. The van der Waals surface area contributed by atoms with Crippen LogP contribution in [0.1, 0.15) is 83.2 Å². The highest BCUT2D eigenvalue weighted by Gasteiger charge is 2.09. The summed E-state index contributed by atoms with van der Waals surface area (Å²) in [6, 6.07) is 8.73. The van der Waals surface area contributed by atoms with Crippen molar-refractivity contribution in [3.05, 3.63) is 34.9 Å². The summed E-state index contributed by atoms with van der Waals surface area (Å²) in [5.74, 6) is 0. The van der Waals surface area contributed by atoms with Crippen LogP contribution < -0.4 is 5.32 Å². The molecule has 2 heteroatoms. The lowest BCUT2D eigenvalue weighted by molar-refractivity contribution is 0.475. The van der Waals surface area contributed by atoms with Gasteiger partial charge in [-0.15, -0.1) is 0 Å². The van der Waals surface area contributed by atoms with Crippen LogP contribution in [-0.4, -0.2) is 6.54 Å². The third kappa shape index (κ3) is 8.48. The first-order chi connectivity index (χ1) is 10.3. The maximum absolute atomic E-state index is 6.11. The first-order valence-electron chi connectivity index (χ1n) is 8.76.